The third kappa shape index (κ3) is 3.94. The first-order valence-electron chi connectivity index (χ1n) is 10.9. The number of carboxylic acids is 1. The first kappa shape index (κ1) is 23.5. The predicted octanol–water partition coefficient (Wildman–Crippen LogP) is 2.79. The van der Waals surface area contributed by atoms with Gasteiger partial charge in [0.25, 0.3) is 5.91 Å². The lowest BCUT2D eigenvalue weighted by Crippen LogP contribution is -2.58. The quantitative estimate of drug-likeness (QED) is 0.589. The van der Waals surface area contributed by atoms with Gasteiger partial charge in [0.1, 0.15) is 23.9 Å². The Morgan fingerprint density at radius 3 is 2.62 bits per heavy atom. The van der Waals surface area contributed by atoms with Crippen LogP contribution in [0.5, 0.6) is 5.75 Å². The highest BCUT2D eigenvalue weighted by Gasteiger charge is 2.58. The highest BCUT2D eigenvalue weighted by atomic mass is 16.5. The number of likely N-dealkylation sites (N-methyl/N-ethyl adjacent to an activating group) is 1. The Hall–Kier alpha value is -3.66. The number of rotatable bonds is 6. The van der Waals surface area contributed by atoms with E-state index in [1.807, 2.05) is 6.07 Å². The zero-order valence-corrected chi connectivity index (χ0v) is 19.9. The molecule has 10 heteroatoms. The molecule has 1 saturated heterocycles. The van der Waals surface area contributed by atoms with E-state index in [9.17, 15) is 14.7 Å². The van der Waals surface area contributed by atoms with Crippen LogP contribution in [-0.2, 0) is 16.8 Å². The minimum absolute atomic E-state index is 0.0308. The average molecular weight is 468 g/mol. The van der Waals surface area contributed by atoms with Crippen LogP contribution in [0.15, 0.2) is 53.5 Å². The van der Waals surface area contributed by atoms with Crippen LogP contribution in [0.3, 0.4) is 0 Å². The van der Waals surface area contributed by atoms with Crippen molar-refractivity contribution < 1.29 is 24.0 Å². The van der Waals surface area contributed by atoms with Crippen LogP contribution in [-0.4, -0.2) is 68.0 Å². The van der Waals surface area contributed by atoms with Gasteiger partial charge in [-0.05, 0) is 36.2 Å². The van der Waals surface area contributed by atoms with E-state index >= 15 is 0 Å². The summed E-state index contributed by atoms with van der Waals surface area (Å²) in [6.45, 7) is 6.21. The van der Waals surface area contributed by atoms with E-state index in [1.54, 1.807) is 55.7 Å². The summed E-state index contributed by atoms with van der Waals surface area (Å²) in [5.41, 5.74) is -0.0940. The molecule has 1 N–H and O–H groups in total. The van der Waals surface area contributed by atoms with Gasteiger partial charge < -0.3 is 14.4 Å². The number of hydrogen-bond donors (Lipinski definition) is 1. The molecule has 2 unspecified atom stereocenters. The Balaban J connectivity index is 1.85. The fourth-order valence-electron chi connectivity index (χ4n) is 4.63. The number of amides is 1. The smallest absolute Gasteiger partial charge is 0.333 e. The molecule has 0 saturated carbocycles. The maximum atomic E-state index is 14.1. The van der Waals surface area contributed by atoms with Gasteiger partial charge in [-0.15, -0.1) is 0 Å². The molecule has 1 fully saturated rings. The van der Waals surface area contributed by atoms with Gasteiger partial charge in [-0.2, -0.15) is 5.10 Å². The third-order valence-corrected chi connectivity index (χ3v) is 6.21. The molecule has 4 rings (SSSR count). The molecule has 180 valence electrons. The summed E-state index contributed by atoms with van der Waals surface area (Å²) in [6.07, 6.45) is 3.91. The first-order valence-corrected chi connectivity index (χ1v) is 10.9. The number of carboxylic acid groups (broad SMARTS) is 1. The van der Waals surface area contributed by atoms with Gasteiger partial charge in [-0.25, -0.2) is 4.79 Å². The second-order valence-electron chi connectivity index (χ2n) is 9.59. The molecule has 3 aromatic rings. The van der Waals surface area contributed by atoms with E-state index in [0.29, 0.717) is 17.0 Å². The molecule has 2 atom stereocenters. The first-order chi connectivity index (χ1) is 16.1. The van der Waals surface area contributed by atoms with Crippen LogP contribution in [0.2, 0.25) is 0 Å². The molecule has 1 aliphatic heterocycles. The Morgan fingerprint density at radius 2 is 2.06 bits per heavy atom. The van der Waals surface area contributed by atoms with Crippen molar-refractivity contribution in [2.45, 2.75) is 44.4 Å². The van der Waals surface area contributed by atoms with Gasteiger partial charge in [-0.3, -0.25) is 19.3 Å². The number of methoxy groups -OCH3 is 1. The van der Waals surface area contributed by atoms with Gasteiger partial charge in [0.05, 0.1) is 13.7 Å². The molecule has 0 spiro atoms. The lowest BCUT2D eigenvalue weighted by molar-refractivity contribution is -0.149. The van der Waals surface area contributed by atoms with Gasteiger partial charge in [0.15, 0.2) is 5.54 Å². The van der Waals surface area contributed by atoms with Crippen LogP contribution >= 0.6 is 0 Å². The Kier molecular flexibility index (Phi) is 5.94. The van der Waals surface area contributed by atoms with Crippen molar-refractivity contribution in [3.05, 3.63) is 65.8 Å². The summed E-state index contributed by atoms with van der Waals surface area (Å²) in [5, 5.41) is 18.7. The van der Waals surface area contributed by atoms with Crippen LogP contribution in [0.25, 0.3) is 0 Å². The second kappa shape index (κ2) is 8.60. The Labute approximate surface area is 197 Å². The molecule has 1 aromatic carbocycles. The summed E-state index contributed by atoms with van der Waals surface area (Å²) >= 11 is 0. The van der Waals surface area contributed by atoms with Crippen LogP contribution < -0.4 is 4.74 Å². The number of aliphatic carboxylic acids is 1. The monoisotopic (exact) mass is 467 g/mol. The van der Waals surface area contributed by atoms with Crippen molar-refractivity contribution in [2.75, 3.05) is 20.7 Å². The fraction of sp³-hybridized carbons (Fsp3) is 0.417. The summed E-state index contributed by atoms with van der Waals surface area (Å²) in [5.74, 6) is -1.02. The van der Waals surface area contributed by atoms with Crippen LogP contribution in [0.4, 0.5) is 0 Å². The SMILES string of the molecule is COc1cc(C(=O)N2C(c3ccon3)N(C)CC2(Cn2cccn2)C(=O)O)ccc1C(C)(C)C. The number of nitrogens with zero attached hydrogens (tertiary/aromatic N) is 5. The van der Waals surface area contributed by atoms with E-state index in [4.69, 9.17) is 9.26 Å². The summed E-state index contributed by atoms with van der Waals surface area (Å²) < 4.78 is 12.1. The molecule has 3 heterocycles. The van der Waals surface area contributed by atoms with Crippen molar-refractivity contribution in [2.24, 2.45) is 0 Å². The standard InChI is InChI=1S/C24H29N5O5/c1-23(2,3)17-8-7-16(13-19(17)33-5)21(30)29-20(18-9-12-34-26-18)27(4)14-24(29,22(31)32)15-28-11-6-10-25-28/h6-13,20H,14-15H2,1-5H3,(H,31,32). The van der Waals surface area contributed by atoms with Crippen molar-refractivity contribution in [3.8, 4) is 5.75 Å². The lowest BCUT2D eigenvalue weighted by atomic mass is 9.85. The number of benzene rings is 1. The molecule has 34 heavy (non-hydrogen) atoms. The molecule has 0 aliphatic carbocycles. The zero-order valence-electron chi connectivity index (χ0n) is 19.9. The van der Waals surface area contributed by atoms with Crippen molar-refractivity contribution >= 4 is 11.9 Å². The van der Waals surface area contributed by atoms with Gasteiger partial charge >= 0.3 is 5.97 Å². The number of aromatic nitrogens is 3. The van der Waals surface area contributed by atoms with Crippen molar-refractivity contribution in [1.29, 1.82) is 0 Å². The van der Waals surface area contributed by atoms with Crippen molar-refractivity contribution in [3.63, 3.8) is 0 Å². The highest BCUT2D eigenvalue weighted by molar-refractivity contribution is 5.99. The maximum absolute atomic E-state index is 14.1. The van der Waals surface area contributed by atoms with Crippen molar-refractivity contribution in [1.82, 2.24) is 24.7 Å². The minimum Gasteiger partial charge on any atom is -0.496 e. The number of carbonyl (C=O) groups excluding carboxylic acids is 1. The largest absolute Gasteiger partial charge is 0.496 e. The van der Waals surface area contributed by atoms with Crippen LogP contribution in [0, 0.1) is 0 Å². The number of ether oxygens (including phenoxy) is 1. The minimum atomic E-state index is -1.60. The van der Waals surface area contributed by atoms with Gasteiger partial charge in [0.2, 0.25) is 0 Å². The van der Waals surface area contributed by atoms with E-state index < -0.39 is 23.6 Å². The van der Waals surface area contributed by atoms with E-state index in [2.05, 4.69) is 31.0 Å². The van der Waals surface area contributed by atoms with E-state index in [0.717, 1.165) is 5.56 Å². The van der Waals surface area contributed by atoms with E-state index in [-0.39, 0.29) is 18.5 Å². The molecule has 1 amide bonds. The zero-order chi connectivity index (χ0) is 24.7. The molecule has 2 aromatic heterocycles. The maximum Gasteiger partial charge on any atom is 0.333 e. The lowest BCUT2D eigenvalue weighted by Gasteiger charge is -2.36. The number of hydrogen-bond acceptors (Lipinski definition) is 7. The fourth-order valence-corrected chi connectivity index (χ4v) is 4.63. The topological polar surface area (TPSA) is 114 Å². The van der Waals surface area contributed by atoms with Crippen LogP contribution in [0.1, 0.15) is 48.6 Å². The molecular weight excluding hydrogens is 438 g/mol. The second-order valence-corrected chi connectivity index (χ2v) is 9.59. The van der Waals surface area contributed by atoms with E-state index in [1.165, 1.54) is 15.8 Å². The summed E-state index contributed by atoms with van der Waals surface area (Å²) in [7, 11) is 3.32. The Morgan fingerprint density at radius 1 is 1.29 bits per heavy atom. The molecule has 0 bridgehead atoms. The third-order valence-electron chi connectivity index (χ3n) is 6.21. The molecular formula is C24H29N5O5. The summed E-state index contributed by atoms with van der Waals surface area (Å²) in [4.78, 5) is 30.1. The molecule has 10 nitrogen and oxygen atoms in total. The normalized spacial score (nSPS) is 21.1. The Bertz CT molecular complexity index is 1170. The number of carbonyl (C=O) groups is 2. The predicted molar refractivity (Wildman–Crippen MR) is 122 cm³/mol. The van der Waals surface area contributed by atoms with Gasteiger partial charge in [-0.1, -0.05) is 32.0 Å². The average Bonchev–Trinajstić information content (AvgIpc) is 3.53. The van der Waals surface area contributed by atoms with Gasteiger partial charge in [0, 0.05) is 30.6 Å². The summed E-state index contributed by atoms with van der Waals surface area (Å²) in [6, 6.07) is 8.58. The molecule has 1 aliphatic rings. The molecule has 0 radical (unpaired) electrons. The highest BCUT2D eigenvalue weighted by Crippen LogP contribution is 2.41.